The summed E-state index contributed by atoms with van der Waals surface area (Å²) in [6, 6.07) is 55.1. The molecule has 0 spiro atoms. The van der Waals surface area contributed by atoms with Crippen molar-refractivity contribution in [2.75, 3.05) is 0 Å². The topological polar surface area (TPSA) is 17.8 Å². The lowest BCUT2D eigenvalue weighted by atomic mass is 9.88. The molecule has 0 fully saturated rings. The van der Waals surface area contributed by atoms with Crippen LogP contribution in [-0.4, -0.2) is 9.55 Å². The highest BCUT2D eigenvalue weighted by Gasteiger charge is 2.21. The van der Waals surface area contributed by atoms with Gasteiger partial charge in [-0.1, -0.05) is 140 Å². The molecule has 9 rings (SSSR count). The van der Waals surface area contributed by atoms with Crippen LogP contribution in [0.1, 0.15) is 12.7 Å². The van der Waals surface area contributed by atoms with Gasteiger partial charge in [0.25, 0.3) is 0 Å². The molecule has 0 aliphatic rings. The van der Waals surface area contributed by atoms with Gasteiger partial charge in [-0.2, -0.15) is 0 Å². The number of aryl methyl sites for hydroxylation is 1. The molecule has 1 aromatic heterocycles. The van der Waals surface area contributed by atoms with Crippen LogP contribution in [0.2, 0.25) is 0 Å². The number of fused-ring (bicyclic) bond motifs is 5. The van der Waals surface area contributed by atoms with Crippen LogP contribution in [-0.2, 0) is 6.42 Å². The minimum Gasteiger partial charge on any atom is -0.295 e. The maximum atomic E-state index is 5.25. The Morgan fingerprint density at radius 2 is 1.07 bits per heavy atom. The molecule has 0 amide bonds. The van der Waals surface area contributed by atoms with E-state index >= 15 is 0 Å². The van der Waals surface area contributed by atoms with Gasteiger partial charge in [-0.3, -0.25) is 4.57 Å². The van der Waals surface area contributed by atoms with Crippen molar-refractivity contribution in [3.63, 3.8) is 0 Å². The Morgan fingerprint density at radius 3 is 1.80 bits per heavy atom. The van der Waals surface area contributed by atoms with Crippen LogP contribution in [0.15, 0.2) is 152 Å². The van der Waals surface area contributed by atoms with Gasteiger partial charge >= 0.3 is 0 Å². The monoisotopic (exact) mass is 574 g/mol. The zero-order valence-electron chi connectivity index (χ0n) is 25.0. The summed E-state index contributed by atoms with van der Waals surface area (Å²) in [5.41, 5.74) is 8.28. The first kappa shape index (κ1) is 25.7. The van der Waals surface area contributed by atoms with Gasteiger partial charge in [0.15, 0.2) is 0 Å². The molecule has 9 aromatic rings. The first-order valence-corrected chi connectivity index (χ1v) is 15.7. The molecule has 0 saturated carbocycles. The Bertz CT molecular complexity index is 2530. The average molecular weight is 575 g/mol. The minimum atomic E-state index is 0.827. The molecule has 0 bridgehead atoms. The fourth-order valence-electron chi connectivity index (χ4n) is 7.25. The largest absolute Gasteiger partial charge is 0.295 e. The summed E-state index contributed by atoms with van der Waals surface area (Å²) in [6.45, 7) is 2.21. The number of aromatic nitrogens is 2. The number of benzene rings is 8. The molecule has 212 valence electrons. The third kappa shape index (κ3) is 3.99. The van der Waals surface area contributed by atoms with Crippen LogP contribution in [0.5, 0.6) is 0 Å². The Balaban J connectivity index is 1.33. The molecule has 0 unspecified atom stereocenters. The van der Waals surface area contributed by atoms with E-state index in [0.717, 1.165) is 23.3 Å². The van der Waals surface area contributed by atoms with Gasteiger partial charge in [0.2, 0.25) is 0 Å². The average Bonchev–Trinajstić information content (AvgIpc) is 3.47. The Morgan fingerprint density at radius 1 is 0.489 bits per heavy atom. The second-order valence-corrected chi connectivity index (χ2v) is 11.8. The van der Waals surface area contributed by atoms with E-state index in [1.807, 2.05) is 0 Å². The van der Waals surface area contributed by atoms with Crippen LogP contribution in [0.4, 0.5) is 0 Å². The van der Waals surface area contributed by atoms with Crippen molar-refractivity contribution in [2.45, 2.75) is 13.3 Å². The molecule has 2 heteroatoms. The Kier molecular flexibility index (Phi) is 5.82. The van der Waals surface area contributed by atoms with Crippen molar-refractivity contribution in [1.29, 1.82) is 0 Å². The summed E-state index contributed by atoms with van der Waals surface area (Å²) in [6.07, 6.45) is 0.827. The molecule has 0 atom stereocenters. The highest BCUT2D eigenvalue weighted by Crippen LogP contribution is 2.44. The molecule has 0 aliphatic carbocycles. The van der Waals surface area contributed by atoms with Gasteiger partial charge in [0.05, 0.1) is 16.7 Å². The fraction of sp³-hybridized carbons (Fsp3) is 0.0465. The lowest BCUT2D eigenvalue weighted by molar-refractivity contribution is 0.917. The van der Waals surface area contributed by atoms with E-state index in [1.54, 1.807) is 0 Å². The molecule has 0 aliphatic heterocycles. The van der Waals surface area contributed by atoms with Crippen molar-refractivity contribution in [3.8, 4) is 27.9 Å². The number of rotatable bonds is 4. The normalized spacial score (nSPS) is 11.8. The van der Waals surface area contributed by atoms with E-state index in [0.29, 0.717) is 0 Å². The van der Waals surface area contributed by atoms with E-state index in [1.165, 1.54) is 71.0 Å². The molecule has 45 heavy (non-hydrogen) atoms. The van der Waals surface area contributed by atoms with Crippen molar-refractivity contribution in [3.05, 3.63) is 157 Å². The first-order chi connectivity index (χ1) is 22.3. The predicted octanol–water partition coefficient (Wildman–Crippen LogP) is 11.5. The van der Waals surface area contributed by atoms with Crippen molar-refractivity contribution in [2.24, 2.45) is 0 Å². The number of hydrogen-bond donors (Lipinski definition) is 0. The maximum absolute atomic E-state index is 5.25. The van der Waals surface area contributed by atoms with Crippen LogP contribution in [0.25, 0.3) is 82.1 Å². The third-order valence-electron chi connectivity index (χ3n) is 9.31. The maximum Gasteiger partial charge on any atom is 0.114 e. The minimum absolute atomic E-state index is 0.827. The summed E-state index contributed by atoms with van der Waals surface area (Å²) in [5, 5.41) is 9.98. The summed E-state index contributed by atoms with van der Waals surface area (Å²) >= 11 is 0. The van der Waals surface area contributed by atoms with E-state index in [9.17, 15) is 0 Å². The zero-order chi connectivity index (χ0) is 29.9. The summed E-state index contributed by atoms with van der Waals surface area (Å²) in [7, 11) is 0. The third-order valence-corrected chi connectivity index (χ3v) is 9.31. The molecular formula is C43H30N2. The van der Waals surface area contributed by atoms with Crippen molar-refractivity contribution < 1.29 is 0 Å². The lowest BCUT2D eigenvalue weighted by Gasteiger charge is -2.20. The summed E-state index contributed by atoms with van der Waals surface area (Å²) in [4.78, 5) is 5.25. The van der Waals surface area contributed by atoms with Crippen molar-refractivity contribution >= 4 is 54.1 Å². The number of nitrogens with zero attached hydrogens (tertiary/aromatic N) is 2. The Labute approximate surface area is 261 Å². The van der Waals surface area contributed by atoms with Gasteiger partial charge < -0.3 is 0 Å². The fourth-order valence-corrected chi connectivity index (χ4v) is 7.25. The quantitative estimate of drug-likeness (QED) is 0.191. The summed E-state index contributed by atoms with van der Waals surface area (Å²) in [5.74, 6) is 1.06. The molecule has 0 saturated heterocycles. The molecule has 2 nitrogen and oxygen atoms in total. The molecule has 8 aromatic carbocycles. The Hall–Kier alpha value is -5.73. The van der Waals surface area contributed by atoms with Crippen LogP contribution in [0.3, 0.4) is 0 Å². The van der Waals surface area contributed by atoms with E-state index < -0.39 is 0 Å². The highest BCUT2D eigenvalue weighted by molar-refractivity contribution is 6.21. The predicted molar refractivity (Wildman–Crippen MR) is 191 cm³/mol. The smallest absolute Gasteiger partial charge is 0.114 e. The van der Waals surface area contributed by atoms with Gasteiger partial charge in [0, 0.05) is 17.2 Å². The van der Waals surface area contributed by atoms with E-state index in [2.05, 4.69) is 163 Å². The van der Waals surface area contributed by atoms with Gasteiger partial charge in [-0.15, -0.1) is 0 Å². The summed E-state index contributed by atoms with van der Waals surface area (Å²) < 4.78 is 2.41. The SMILES string of the molecule is CCc1nc2cc(-c3ccc4ccccc4c3)ccc2n1-c1c2ccccc2c(-c2cccc3ccccc23)c2ccccc12. The van der Waals surface area contributed by atoms with Gasteiger partial charge in [-0.05, 0) is 72.8 Å². The number of imidazole rings is 1. The zero-order valence-corrected chi connectivity index (χ0v) is 25.0. The molecular weight excluding hydrogens is 544 g/mol. The lowest BCUT2D eigenvalue weighted by Crippen LogP contribution is -2.03. The van der Waals surface area contributed by atoms with Crippen LogP contribution >= 0.6 is 0 Å². The van der Waals surface area contributed by atoms with Crippen molar-refractivity contribution in [1.82, 2.24) is 9.55 Å². The molecule has 0 N–H and O–H groups in total. The van der Waals surface area contributed by atoms with E-state index in [4.69, 9.17) is 4.98 Å². The molecule has 0 radical (unpaired) electrons. The second-order valence-electron chi connectivity index (χ2n) is 11.8. The van der Waals surface area contributed by atoms with Crippen LogP contribution < -0.4 is 0 Å². The highest BCUT2D eigenvalue weighted by atomic mass is 15.1. The molecule has 1 heterocycles. The second kappa shape index (κ2) is 10.2. The van der Waals surface area contributed by atoms with Gasteiger partial charge in [-0.25, -0.2) is 4.98 Å². The number of hydrogen-bond acceptors (Lipinski definition) is 1. The van der Waals surface area contributed by atoms with Crippen LogP contribution in [0, 0.1) is 0 Å². The van der Waals surface area contributed by atoms with E-state index in [-0.39, 0.29) is 0 Å². The standard InChI is InChI=1S/C43H30N2/c1-2-41-44-39-27-32(31-23-22-28-12-3-4-14-30(28)26-31)24-25-40(39)45(41)43-37-19-9-7-17-35(37)42(36-18-8-10-20-38(36)43)34-21-11-15-29-13-5-6-16-33(29)34/h3-27H,2H2,1H3. The first-order valence-electron chi connectivity index (χ1n) is 15.7. The van der Waals surface area contributed by atoms with Gasteiger partial charge in [0.1, 0.15) is 5.82 Å².